The van der Waals surface area contributed by atoms with Crippen LogP contribution in [0.3, 0.4) is 0 Å². The monoisotopic (exact) mass is 380 g/mol. The van der Waals surface area contributed by atoms with Crippen molar-refractivity contribution < 1.29 is 14.1 Å². The summed E-state index contributed by atoms with van der Waals surface area (Å²) in [5.74, 6) is 0.259. The molecule has 1 aromatic heterocycles. The van der Waals surface area contributed by atoms with Crippen molar-refractivity contribution in [3.8, 4) is 0 Å². The van der Waals surface area contributed by atoms with Crippen molar-refractivity contribution in [3.63, 3.8) is 0 Å². The quantitative estimate of drug-likeness (QED) is 0.731. The lowest BCUT2D eigenvalue weighted by Crippen LogP contribution is -2.34. The Hall–Kier alpha value is -1.66. The Balaban J connectivity index is 2.25. The highest BCUT2D eigenvalue weighted by atomic mass is 79.9. The molecule has 6 heteroatoms. The van der Waals surface area contributed by atoms with E-state index in [0.29, 0.717) is 30.3 Å². The summed E-state index contributed by atoms with van der Waals surface area (Å²) < 4.78 is 11.0. The van der Waals surface area contributed by atoms with Gasteiger partial charge in [-0.2, -0.15) is 0 Å². The summed E-state index contributed by atoms with van der Waals surface area (Å²) in [7, 11) is 1.57. The van der Waals surface area contributed by atoms with Crippen LogP contribution in [0.4, 0.5) is 0 Å². The minimum absolute atomic E-state index is 0.0947. The second-order valence-electron chi connectivity index (χ2n) is 5.78. The van der Waals surface area contributed by atoms with E-state index in [9.17, 15) is 4.79 Å². The lowest BCUT2D eigenvalue weighted by Gasteiger charge is -2.25. The molecule has 0 unspecified atom stereocenters. The van der Waals surface area contributed by atoms with Gasteiger partial charge in [-0.3, -0.25) is 4.79 Å². The van der Waals surface area contributed by atoms with Crippen molar-refractivity contribution >= 4 is 21.8 Å². The molecule has 0 radical (unpaired) electrons. The molecule has 0 saturated carbocycles. The molecule has 124 valence electrons. The van der Waals surface area contributed by atoms with Crippen molar-refractivity contribution in [1.29, 1.82) is 0 Å². The maximum Gasteiger partial charge on any atom is 0.259 e. The van der Waals surface area contributed by atoms with E-state index < -0.39 is 0 Å². The Labute approximate surface area is 144 Å². The fraction of sp³-hybridized carbons (Fsp3) is 0.412. The second-order valence-corrected chi connectivity index (χ2v) is 6.63. The van der Waals surface area contributed by atoms with Gasteiger partial charge in [-0.25, -0.2) is 0 Å². The predicted octanol–water partition coefficient (Wildman–Crippen LogP) is 3.88. The van der Waals surface area contributed by atoms with E-state index in [4.69, 9.17) is 9.26 Å². The number of methoxy groups -OCH3 is 1. The first-order chi connectivity index (χ1) is 11.0. The molecule has 0 bridgehead atoms. The normalized spacial score (nSPS) is 11.0. The molecule has 23 heavy (non-hydrogen) atoms. The third-order valence-electron chi connectivity index (χ3n) is 3.35. The van der Waals surface area contributed by atoms with Gasteiger partial charge in [0.05, 0.1) is 6.61 Å². The smallest absolute Gasteiger partial charge is 0.259 e. The van der Waals surface area contributed by atoms with Crippen molar-refractivity contribution in [3.05, 3.63) is 51.8 Å². The van der Waals surface area contributed by atoms with E-state index in [2.05, 4.69) is 34.9 Å². The van der Waals surface area contributed by atoms with Gasteiger partial charge in [0.1, 0.15) is 17.5 Å². The number of rotatable bonds is 7. The molecule has 1 heterocycles. The zero-order valence-electron chi connectivity index (χ0n) is 13.6. The van der Waals surface area contributed by atoms with Crippen LogP contribution in [0.25, 0.3) is 0 Å². The first-order valence-electron chi connectivity index (χ1n) is 7.47. The van der Waals surface area contributed by atoms with Gasteiger partial charge in [0.15, 0.2) is 0 Å². The molecule has 0 saturated heterocycles. The molecule has 0 aliphatic carbocycles. The van der Waals surface area contributed by atoms with E-state index in [1.165, 1.54) is 6.26 Å². The topological polar surface area (TPSA) is 55.6 Å². The SMILES string of the molecule is COCc1nocc1C(=O)N(Cc1ccccc1Br)CC(C)C. The number of ether oxygens (including phenoxy) is 1. The van der Waals surface area contributed by atoms with E-state index in [1.54, 1.807) is 7.11 Å². The van der Waals surface area contributed by atoms with Gasteiger partial charge in [0, 0.05) is 24.7 Å². The minimum atomic E-state index is -0.0947. The predicted molar refractivity (Wildman–Crippen MR) is 90.9 cm³/mol. The number of carbonyl (C=O) groups excluding carboxylic acids is 1. The third kappa shape index (κ3) is 4.65. The molecule has 1 amide bonds. The van der Waals surface area contributed by atoms with Crippen molar-refractivity contribution in [1.82, 2.24) is 10.1 Å². The number of benzene rings is 1. The molecule has 5 nitrogen and oxygen atoms in total. The van der Waals surface area contributed by atoms with Gasteiger partial charge in [-0.1, -0.05) is 53.1 Å². The Morgan fingerprint density at radius 3 is 2.78 bits per heavy atom. The Morgan fingerprint density at radius 1 is 1.39 bits per heavy atom. The minimum Gasteiger partial charge on any atom is -0.378 e. The van der Waals surface area contributed by atoms with Crippen LogP contribution < -0.4 is 0 Å². The molecule has 0 N–H and O–H groups in total. The standard InChI is InChI=1S/C17H21BrN2O3/c1-12(2)8-20(9-13-6-4-5-7-15(13)18)17(21)14-10-23-19-16(14)11-22-3/h4-7,10,12H,8-9,11H2,1-3H3. The summed E-state index contributed by atoms with van der Waals surface area (Å²) in [6, 6.07) is 7.91. The first kappa shape index (κ1) is 17.7. The summed E-state index contributed by atoms with van der Waals surface area (Å²) in [6.07, 6.45) is 1.39. The highest BCUT2D eigenvalue weighted by molar-refractivity contribution is 9.10. The zero-order valence-corrected chi connectivity index (χ0v) is 15.2. The van der Waals surface area contributed by atoms with Crippen LogP contribution >= 0.6 is 15.9 Å². The number of aromatic nitrogens is 1. The van der Waals surface area contributed by atoms with Crippen LogP contribution in [0, 0.1) is 5.92 Å². The number of nitrogens with zero attached hydrogens (tertiary/aromatic N) is 2. The maximum atomic E-state index is 12.9. The van der Waals surface area contributed by atoms with Gasteiger partial charge in [-0.05, 0) is 17.5 Å². The lowest BCUT2D eigenvalue weighted by molar-refractivity contribution is 0.0717. The molecule has 0 atom stereocenters. The van der Waals surface area contributed by atoms with Crippen molar-refractivity contribution in [2.24, 2.45) is 5.92 Å². The van der Waals surface area contributed by atoms with Crippen LogP contribution in [-0.4, -0.2) is 29.6 Å². The number of amides is 1. The maximum absolute atomic E-state index is 12.9. The number of hydrogen-bond donors (Lipinski definition) is 0. The van der Waals surface area contributed by atoms with Crippen LogP contribution in [0.5, 0.6) is 0 Å². The number of carbonyl (C=O) groups is 1. The van der Waals surface area contributed by atoms with E-state index in [1.807, 2.05) is 29.2 Å². The summed E-state index contributed by atoms with van der Waals surface area (Å²) in [5, 5.41) is 3.86. The van der Waals surface area contributed by atoms with Crippen molar-refractivity contribution in [2.75, 3.05) is 13.7 Å². The summed E-state index contributed by atoms with van der Waals surface area (Å²) >= 11 is 3.54. The molecule has 0 fully saturated rings. The van der Waals surface area contributed by atoms with Crippen molar-refractivity contribution in [2.45, 2.75) is 27.0 Å². The molecule has 0 aliphatic rings. The summed E-state index contributed by atoms with van der Waals surface area (Å²) in [5.41, 5.74) is 2.05. The van der Waals surface area contributed by atoms with Gasteiger partial charge in [-0.15, -0.1) is 0 Å². The number of halogens is 1. The summed E-state index contributed by atoms with van der Waals surface area (Å²) in [6.45, 7) is 5.60. The lowest BCUT2D eigenvalue weighted by atomic mass is 10.1. The van der Waals surface area contributed by atoms with Gasteiger partial charge < -0.3 is 14.2 Å². The highest BCUT2D eigenvalue weighted by Gasteiger charge is 2.23. The fourth-order valence-electron chi connectivity index (χ4n) is 2.34. The van der Waals surface area contributed by atoms with Crippen LogP contribution in [0.2, 0.25) is 0 Å². The average molecular weight is 381 g/mol. The van der Waals surface area contributed by atoms with Gasteiger partial charge in [0.25, 0.3) is 5.91 Å². The van der Waals surface area contributed by atoms with Gasteiger partial charge >= 0.3 is 0 Å². The largest absolute Gasteiger partial charge is 0.378 e. The first-order valence-corrected chi connectivity index (χ1v) is 8.27. The Kier molecular flexibility index (Phi) is 6.36. The summed E-state index contributed by atoms with van der Waals surface area (Å²) in [4.78, 5) is 14.7. The third-order valence-corrected chi connectivity index (χ3v) is 4.12. The molecule has 1 aromatic carbocycles. The second kappa shape index (κ2) is 8.26. The fourth-order valence-corrected chi connectivity index (χ4v) is 2.75. The number of hydrogen-bond acceptors (Lipinski definition) is 4. The van der Waals surface area contributed by atoms with E-state index in [0.717, 1.165) is 10.0 Å². The van der Waals surface area contributed by atoms with Crippen LogP contribution in [0.1, 0.15) is 35.5 Å². The Bertz CT molecular complexity index is 655. The van der Waals surface area contributed by atoms with Gasteiger partial charge in [0.2, 0.25) is 0 Å². The average Bonchev–Trinajstić information content (AvgIpc) is 2.96. The highest BCUT2D eigenvalue weighted by Crippen LogP contribution is 2.21. The van der Waals surface area contributed by atoms with E-state index in [-0.39, 0.29) is 12.5 Å². The molecular formula is C17H21BrN2O3. The molecule has 2 aromatic rings. The Morgan fingerprint density at radius 2 is 2.13 bits per heavy atom. The van der Waals surface area contributed by atoms with E-state index >= 15 is 0 Å². The zero-order chi connectivity index (χ0) is 16.8. The molecule has 0 aliphatic heterocycles. The van der Waals surface area contributed by atoms with Crippen LogP contribution in [0.15, 0.2) is 39.5 Å². The molecule has 0 spiro atoms. The molecule has 2 rings (SSSR count). The van der Waals surface area contributed by atoms with Crippen LogP contribution in [-0.2, 0) is 17.9 Å². The molecular weight excluding hydrogens is 360 g/mol.